The van der Waals surface area contributed by atoms with Crippen LogP contribution in [0.15, 0.2) is 24.3 Å². The van der Waals surface area contributed by atoms with E-state index >= 15 is 0 Å². The van der Waals surface area contributed by atoms with E-state index in [0.29, 0.717) is 18.0 Å². The number of hydrogen-bond donors (Lipinski definition) is 1. The summed E-state index contributed by atoms with van der Waals surface area (Å²) in [5, 5.41) is 0. The Hall–Kier alpha value is -2.04. The summed E-state index contributed by atoms with van der Waals surface area (Å²) in [7, 11) is 0. The van der Waals surface area contributed by atoms with Crippen LogP contribution in [0.2, 0.25) is 0 Å². The molecule has 0 atom stereocenters. The highest BCUT2D eigenvalue weighted by Gasteiger charge is 2.08. The molecule has 0 bridgehead atoms. The molecule has 0 fully saturated rings. The highest BCUT2D eigenvalue weighted by atomic mass is 16.7. The van der Waals surface area contributed by atoms with E-state index in [1.165, 1.54) is 6.92 Å². The number of Topliss-reactive ketones (excluding diaryl/α,β-unsaturated/α-hetero) is 1. The van der Waals surface area contributed by atoms with Gasteiger partial charge in [0.15, 0.2) is 0 Å². The van der Waals surface area contributed by atoms with Gasteiger partial charge in [0, 0.05) is 0 Å². The Balaban J connectivity index is 2.56. The fourth-order valence-corrected chi connectivity index (χ4v) is 1.18. The molecule has 0 aliphatic rings. The molecule has 0 amide bonds. The average molecular weight is 237 g/mol. The van der Waals surface area contributed by atoms with Gasteiger partial charge in [0.2, 0.25) is 0 Å². The van der Waals surface area contributed by atoms with Crippen LogP contribution in [0.25, 0.3) is 0 Å². The fourth-order valence-electron chi connectivity index (χ4n) is 1.18. The van der Waals surface area contributed by atoms with Crippen molar-refractivity contribution >= 4 is 17.4 Å². The Morgan fingerprint density at radius 2 is 2.00 bits per heavy atom. The topological polar surface area (TPSA) is 64.6 Å². The summed E-state index contributed by atoms with van der Waals surface area (Å²) in [6, 6.07) is 7.06. The van der Waals surface area contributed by atoms with E-state index in [0.717, 1.165) is 0 Å². The monoisotopic (exact) mass is 237 g/mol. The summed E-state index contributed by atoms with van der Waals surface area (Å²) in [5.74, 6) is -0.274. The largest absolute Gasteiger partial charge is 0.492 e. The van der Waals surface area contributed by atoms with Crippen molar-refractivity contribution in [2.75, 3.05) is 12.1 Å². The second-order valence-corrected chi connectivity index (χ2v) is 3.38. The Labute approximate surface area is 99.7 Å². The van der Waals surface area contributed by atoms with Gasteiger partial charge in [0.25, 0.3) is 0 Å². The van der Waals surface area contributed by atoms with Crippen LogP contribution < -0.4 is 10.2 Å². The Morgan fingerprint density at radius 3 is 2.65 bits per heavy atom. The molecule has 0 saturated heterocycles. The summed E-state index contributed by atoms with van der Waals surface area (Å²) in [4.78, 5) is 26.6. The Morgan fingerprint density at radius 1 is 1.29 bits per heavy atom. The number of ketones is 1. The van der Waals surface area contributed by atoms with E-state index in [1.54, 1.807) is 18.2 Å². The minimum absolute atomic E-state index is 0.241. The Bertz CT molecular complexity index is 403. The number of para-hydroxylation sites is 2. The number of anilines is 1. The lowest BCUT2D eigenvalue weighted by molar-refractivity contribution is -0.143. The standard InChI is InChI=1S/C12H15NO4/c1-3-16-11-7-5-4-6-10(11)13-17-12(15)8-9(2)14/h4-7,13H,3,8H2,1-2H3. The smallest absolute Gasteiger partial charge is 0.339 e. The van der Waals surface area contributed by atoms with Crippen molar-refractivity contribution in [2.24, 2.45) is 0 Å². The van der Waals surface area contributed by atoms with E-state index in [2.05, 4.69) is 5.48 Å². The molecule has 1 aromatic rings. The summed E-state index contributed by atoms with van der Waals surface area (Å²) >= 11 is 0. The lowest BCUT2D eigenvalue weighted by Crippen LogP contribution is -2.13. The number of hydrogen-bond acceptors (Lipinski definition) is 5. The molecule has 0 radical (unpaired) electrons. The zero-order chi connectivity index (χ0) is 12.7. The fraction of sp³-hybridized carbons (Fsp3) is 0.333. The molecule has 17 heavy (non-hydrogen) atoms. The predicted molar refractivity (Wildman–Crippen MR) is 62.6 cm³/mol. The molecule has 0 unspecified atom stereocenters. The first-order chi connectivity index (χ1) is 8.13. The molecule has 0 aliphatic heterocycles. The zero-order valence-electron chi connectivity index (χ0n) is 9.86. The van der Waals surface area contributed by atoms with Crippen LogP contribution in [0, 0.1) is 0 Å². The lowest BCUT2D eigenvalue weighted by atomic mass is 10.3. The van der Waals surface area contributed by atoms with Crippen molar-refractivity contribution in [3.8, 4) is 5.75 Å². The third-order valence-corrected chi connectivity index (χ3v) is 1.86. The average Bonchev–Trinajstić information content (AvgIpc) is 2.27. The van der Waals surface area contributed by atoms with Gasteiger partial charge in [-0.1, -0.05) is 12.1 Å². The molecule has 0 heterocycles. The highest BCUT2D eigenvalue weighted by Crippen LogP contribution is 2.23. The summed E-state index contributed by atoms with van der Waals surface area (Å²) in [6.45, 7) is 3.70. The third-order valence-electron chi connectivity index (χ3n) is 1.86. The van der Waals surface area contributed by atoms with E-state index in [-0.39, 0.29) is 12.2 Å². The first-order valence-corrected chi connectivity index (χ1v) is 5.30. The van der Waals surface area contributed by atoms with Crippen LogP contribution in [-0.2, 0) is 14.4 Å². The number of carbonyl (C=O) groups excluding carboxylic acids is 2. The quantitative estimate of drug-likeness (QED) is 0.605. The van der Waals surface area contributed by atoms with Crippen LogP contribution in [0.3, 0.4) is 0 Å². The van der Waals surface area contributed by atoms with Gasteiger partial charge < -0.3 is 9.57 Å². The molecule has 0 spiro atoms. The van der Waals surface area contributed by atoms with Crippen LogP contribution in [0.1, 0.15) is 20.3 Å². The van der Waals surface area contributed by atoms with Crippen molar-refractivity contribution in [1.82, 2.24) is 0 Å². The molecular formula is C12H15NO4. The molecule has 1 N–H and O–H groups in total. The molecule has 0 saturated carbocycles. The van der Waals surface area contributed by atoms with Gasteiger partial charge in [0.05, 0.1) is 6.61 Å². The van der Waals surface area contributed by atoms with Crippen molar-refractivity contribution < 1.29 is 19.2 Å². The molecule has 0 aromatic heterocycles. The second-order valence-electron chi connectivity index (χ2n) is 3.38. The van der Waals surface area contributed by atoms with Crippen molar-refractivity contribution in [3.63, 3.8) is 0 Å². The maximum Gasteiger partial charge on any atom is 0.339 e. The summed E-state index contributed by atoms with van der Waals surface area (Å²) < 4.78 is 5.33. The van der Waals surface area contributed by atoms with Crippen molar-refractivity contribution in [2.45, 2.75) is 20.3 Å². The van der Waals surface area contributed by atoms with Gasteiger partial charge in [-0.15, -0.1) is 0 Å². The van der Waals surface area contributed by atoms with Gasteiger partial charge in [-0.2, -0.15) is 0 Å². The van der Waals surface area contributed by atoms with Crippen LogP contribution in [-0.4, -0.2) is 18.4 Å². The van der Waals surface area contributed by atoms with E-state index in [1.807, 2.05) is 13.0 Å². The lowest BCUT2D eigenvalue weighted by Gasteiger charge is -2.11. The minimum Gasteiger partial charge on any atom is -0.492 e. The van der Waals surface area contributed by atoms with Crippen LogP contribution >= 0.6 is 0 Å². The van der Waals surface area contributed by atoms with Crippen molar-refractivity contribution in [1.29, 1.82) is 0 Å². The number of benzene rings is 1. The molecule has 5 heteroatoms. The zero-order valence-corrected chi connectivity index (χ0v) is 9.86. The van der Waals surface area contributed by atoms with Gasteiger partial charge in [0.1, 0.15) is 23.6 Å². The highest BCUT2D eigenvalue weighted by molar-refractivity contribution is 5.94. The Kier molecular flexibility index (Phi) is 5.00. The first-order valence-electron chi connectivity index (χ1n) is 5.30. The predicted octanol–water partition coefficient (Wildman–Crippen LogP) is 1.93. The molecule has 1 aromatic carbocycles. The first kappa shape index (κ1) is 13.0. The van der Waals surface area contributed by atoms with E-state index < -0.39 is 5.97 Å². The molecular weight excluding hydrogens is 222 g/mol. The van der Waals surface area contributed by atoms with Crippen molar-refractivity contribution in [3.05, 3.63) is 24.3 Å². The van der Waals surface area contributed by atoms with E-state index in [9.17, 15) is 9.59 Å². The van der Waals surface area contributed by atoms with Gasteiger partial charge in [-0.3, -0.25) is 4.79 Å². The molecule has 5 nitrogen and oxygen atoms in total. The van der Waals surface area contributed by atoms with Crippen LogP contribution in [0.4, 0.5) is 5.69 Å². The second kappa shape index (κ2) is 6.52. The molecule has 1 rings (SSSR count). The minimum atomic E-state index is -0.621. The van der Waals surface area contributed by atoms with Crippen LogP contribution in [0.5, 0.6) is 5.75 Å². The maximum absolute atomic E-state index is 11.1. The number of ether oxygens (including phenoxy) is 1. The number of nitrogens with one attached hydrogen (secondary N) is 1. The summed E-state index contributed by atoms with van der Waals surface area (Å²) in [5.41, 5.74) is 3.02. The third kappa shape index (κ3) is 4.55. The van der Waals surface area contributed by atoms with E-state index in [4.69, 9.17) is 9.57 Å². The summed E-state index contributed by atoms with van der Waals surface area (Å²) in [6.07, 6.45) is -0.246. The number of rotatable bonds is 6. The normalized spacial score (nSPS) is 9.53. The number of carbonyl (C=O) groups is 2. The SMILES string of the molecule is CCOc1ccccc1NOC(=O)CC(C)=O. The maximum atomic E-state index is 11.1. The molecule has 92 valence electrons. The van der Waals surface area contributed by atoms with Gasteiger partial charge in [-0.05, 0) is 26.0 Å². The van der Waals surface area contributed by atoms with Gasteiger partial charge >= 0.3 is 5.97 Å². The molecule has 0 aliphatic carbocycles. The van der Waals surface area contributed by atoms with Gasteiger partial charge in [-0.25, -0.2) is 10.3 Å².